The maximum Gasteiger partial charge on any atom is -0.0105 e. The topological polar surface area (TPSA) is 0 Å². The minimum Gasteiger partial charge on any atom is -0.0622 e. The van der Waals surface area contributed by atoms with Crippen LogP contribution < -0.4 is 0 Å². The Balaban J connectivity index is 1.95. The lowest BCUT2D eigenvalue weighted by Crippen LogP contribution is -1.93. The van der Waals surface area contributed by atoms with Crippen LogP contribution in [-0.2, 0) is 0 Å². The van der Waals surface area contributed by atoms with Crippen molar-refractivity contribution < 1.29 is 0 Å². The quantitative estimate of drug-likeness (QED) is 0.371. The SMILES string of the molecule is CC(C)c1ccc(-c2cccc3ccccc23)cc1-c1ccccc1. The van der Waals surface area contributed by atoms with Gasteiger partial charge in [-0.15, -0.1) is 0 Å². The summed E-state index contributed by atoms with van der Waals surface area (Å²) in [6.45, 7) is 4.53. The Labute approximate surface area is 149 Å². The van der Waals surface area contributed by atoms with Crippen molar-refractivity contribution in [1.29, 1.82) is 0 Å². The van der Waals surface area contributed by atoms with Gasteiger partial charge in [0.1, 0.15) is 0 Å². The molecule has 0 saturated heterocycles. The fourth-order valence-corrected chi connectivity index (χ4v) is 3.57. The standard InChI is InChI=1S/C25H22/c1-18(2)22-16-15-21(17-25(22)20-9-4-3-5-10-20)24-14-8-12-19-11-6-7-13-23(19)24/h3-18H,1-2H3. The molecule has 0 aliphatic carbocycles. The molecule has 4 rings (SSSR count). The van der Waals surface area contributed by atoms with Crippen LogP contribution in [0.4, 0.5) is 0 Å². The molecule has 25 heavy (non-hydrogen) atoms. The Morgan fingerprint density at radius 1 is 0.560 bits per heavy atom. The van der Waals surface area contributed by atoms with Gasteiger partial charge in [0.2, 0.25) is 0 Å². The van der Waals surface area contributed by atoms with Crippen molar-refractivity contribution in [3.63, 3.8) is 0 Å². The first kappa shape index (κ1) is 15.7. The van der Waals surface area contributed by atoms with Crippen LogP contribution in [0.2, 0.25) is 0 Å². The van der Waals surface area contributed by atoms with Gasteiger partial charge in [-0.3, -0.25) is 0 Å². The summed E-state index contributed by atoms with van der Waals surface area (Å²) in [4.78, 5) is 0. The third kappa shape index (κ3) is 2.96. The van der Waals surface area contributed by atoms with E-state index in [1.807, 2.05) is 0 Å². The van der Waals surface area contributed by atoms with Crippen molar-refractivity contribution >= 4 is 10.8 Å². The van der Waals surface area contributed by atoms with Crippen molar-refractivity contribution in [2.24, 2.45) is 0 Å². The van der Waals surface area contributed by atoms with Gasteiger partial charge in [-0.1, -0.05) is 98.8 Å². The first-order chi connectivity index (χ1) is 12.2. The average molecular weight is 322 g/mol. The molecule has 0 bridgehead atoms. The van der Waals surface area contributed by atoms with E-state index in [4.69, 9.17) is 0 Å². The van der Waals surface area contributed by atoms with E-state index in [9.17, 15) is 0 Å². The zero-order valence-corrected chi connectivity index (χ0v) is 14.7. The molecule has 0 N–H and O–H groups in total. The van der Waals surface area contributed by atoms with Crippen molar-refractivity contribution in [1.82, 2.24) is 0 Å². The molecule has 0 aromatic heterocycles. The molecular formula is C25H22. The number of benzene rings is 4. The van der Waals surface area contributed by atoms with E-state index in [1.54, 1.807) is 0 Å². The first-order valence-electron chi connectivity index (χ1n) is 8.91. The third-order valence-electron chi connectivity index (χ3n) is 4.86. The van der Waals surface area contributed by atoms with Crippen LogP contribution in [0.3, 0.4) is 0 Å². The van der Waals surface area contributed by atoms with E-state index < -0.39 is 0 Å². The van der Waals surface area contributed by atoms with Crippen LogP contribution in [0, 0.1) is 0 Å². The molecule has 0 aliphatic rings. The van der Waals surface area contributed by atoms with Gasteiger partial charge in [-0.05, 0) is 50.6 Å². The molecule has 0 aliphatic heterocycles. The lowest BCUT2D eigenvalue weighted by molar-refractivity contribution is 0.869. The van der Waals surface area contributed by atoms with Gasteiger partial charge in [0.05, 0.1) is 0 Å². The number of fused-ring (bicyclic) bond motifs is 1. The summed E-state index contributed by atoms with van der Waals surface area (Å²) in [5.74, 6) is 0.497. The molecule has 0 unspecified atom stereocenters. The van der Waals surface area contributed by atoms with Gasteiger partial charge in [0.25, 0.3) is 0 Å². The fraction of sp³-hybridized carbons (Fsp3) is 0.120. The highest BCUT2D eigenvalue weighted by atomic mass is 14.2. The number of hydrogen-bond donors (Lipinski definition) is 0. The second kappa shape index (κ2) is 6.57. The van der Waals surface area contributed by atoms with Crippen molar-refractivity contribution in [2.45, 2.75) is 19.8 Å². The molecule has 4 aromatic carbocycles. The largest absolute Gasteiger partial charge is 0.0622 e. The molecule has 0 amide bonds. The van der Waals surface area contributed by atoms with E-state index in [0.717, 1.165) is 0 Å². The van der Waals surface area contributed by atoms with Crippen molar-refractivity contribution in [3.05, 3.63) is 96.6 Å². The van der Waals surface area contributed by atoms with Crippen LogP contribution in [-0.4, -0.2) is 0 Å². The molecule has 0 atom stereocenters. The molecule has 0 radical (unpaired) electrons. The lowest BCUT2D eigenvalue weighted by Gasteiger charge is -2.16. The monoisotopic (exact) mass is 322 g/mol. The Hall–Kier alpha value is -2.86. The van der Waals surface area contributed by atoms with E-state index >= 15 is 0 Å². The molecule has 0 saturated carbocycles. The minimum atomic E-state index is 0.497. The zero-order valence-electron chi connectivity index (χ0n) is 14.7. The predicted molar refractivity (Wildman–Crippen MR) is 109 cm³/mol. The van der Waals surface area contributed by atoms with Crippen molar-refractivity contribution in [3.8, 4) is 22.3 Å². The van der Waals surface area contributed by atoms with Gasteiger partial charge in [0.15, 0.2) is 0 Å². The van der Waals surface area contributed by atoms with Gasteiger partial charge in [-0.25, -0.2) is 0 Å². The van der Waals surface area contributed by atoms with Crippen molar-refractivity contribution in [2.75, 3.05) is 0 Å². The summed E-state index contributed by atoms with van der Waals surface area (Å²) in [7, 11) is 0. The second-order valence-electron chi connectivity index (χ2n) is 6.85. The summed E-state index contributed by atoms with van der Waals surface area (Å²) >= 11 is 0. The smallest absolute Gasteiger partial charge is 0.0105 e. The van der Waals surface area contributed by atoms with Gasteiger partial charge >= 0.3 is 0 Å². The van der Waals surface area contributed by atoms with E-state index in [-0.39, 0.29) is 0 Å². The highest BCUT2D eigenvalue weighted by molar-refractivity contribution is 5.97. The normalized spacial score (nSPS) is 11.2. The molecule has 0 nitrogen and oxygen atoms in total. The van der Waals surface area contributed by atoms with Crippen LogP contribution in [0.15, 0.2) is 91.0 Å². The number of rotatable bonds is 3. The molecule has 4 aromatic rings. The second-order valence-corrected chi connectivity index (χ2v) is 6.85. The minimum absolute atomic E-state index is 0.497. The van der Waals surface area contributed by atoms with Crippen LogP contribution in [0.25, 0.3) is 33.0 Å². The molecule has 0 heteroatoms. The predicted octanol–water partition coefficient (Wildman–Crippen LogP) is 7.30. The summed E-state index contributed by atoms with van der Waals surface area (Å²) < 4.78 is 0. The van der Waals surface area contributed by atoms with Crippen LogP contribution in [0.5, 0.6) is 0 Å². The van der Waals surface area contributed by atoms with E-state index in [2.05, 4.69) is 105 Å². The summed E-state index contributed by atoms with van der Waals surface area (Å²) in [5, 5.41) is 2.59. The Morgan fingerprint density at radius 3 is 2.08 bits per heavy atom. The molecule has 0 fully saturated rings. The first-order valence-corrected chi connectivity index (χ1v) is 8.91. The lowest BCUT2D eigenvalue weighted by atomic mass is 9.88. The number of hydrogen-bond acceptors (Lipinski definition) is 0. The van der Waals surface area contributed by atoms with Crippen LogP contribution in [0.1, 0.15) is 25.3 Å². The molecule has 0 heterocycles. The molecule has 122 valence electrons. The molecule has 0 spiro atoms. The fourth-order valence-electron chi connectivity index (χ4n) is 3.57. The summed E-state index contributed by atoms with van der Waals surface area (Å²) in [6.07, 6.45) is 0. The highest BCUT2D eigenvalue weighted by Crippen LogP contribution is 2.35. The van der Waals surface area contributed by atoms with Gasteiger partial charge in [-0.2, -0.15) is 0 Å². The summed E-state index contributed by atoms with van der Waals surface area (Å²) in [6, 6.07) is 32.8. The van der Waals surface area contributed by atoms with E-state index in [1.165, 1.54) is 38.6 Å². The maximum atomic E-state index is 2.35. The van der Waals surface area contributed by atoms with E-state index in [0.29, 0.717) is 5.92 Å². The average Bonchev–Trinajstić information content (AvgIpc) is 2.67. The van der Waals surface area contributed by atoms with Crippen LogP contribution >= 0.6 is 0 Å². The Kier molecular flexibility index (Phi) is 4.11. The third-order valence-corrected chi connectivity index (χ3v) is 4.86. The summed E-state index contributed by atoms with van der Waals surface area (Å²) in [5.41, 5.74) is 6.59. The van der Waals surface area contributed by atoms with Gasteiger partial charge in [0, 0.05) is 0 Å². The maximum absolute atomic E-state index is 2.35. The Bertz CT molecular complexity index is 1010. The Morgan fingerprint density at radius 2 is 1.28 bits per heavy atom. The molecular weight excluding hydrogens is 300 g/mol. The zero-order chi connectivity index (χ0) is 17.2. The highest BCUT2D eigenvalue weighted by Gasteiger charge is 2.11. The van der Waals surface area contributed by atoms with Gasteiger partial charge < -0.3 is 0 Å².